The molecular weight excluding hydrogens is 270 g/mol. The zero-order valence-electron chi connectivity index (χ0n) is 11.9. The monoisotopic (exact) mass is 287 g/mol. The third-order valence-corrected chi connectivity index (χ3v) is 3.49. The molecule has 0 N–H and O–H groups in total. The van der Waals surface area contributed by atoms with Gasteiger partial charge in [-0.25, -0.2) is 4.79 Å². The van der Waals surface area contributed by atoms with Crippen LogP contribution in [0.25, 0.3) is 11.3 Å². The Morgan fingerprint density at radius 2 is 2.19 bits per heavy atom. The van der Waals surface area contributed by atoms with Crippen molar-refractivity contribution in [2.75, 3.05) is 6.61 Å². The van der Waals surface area contributed by atoms with Crippen LogP contribution in [0.3, 0.4) is 0 Å². The van der Waals surface area contributed by atoms with Gasteiger partial charge in [0.05, 0.1) is 18.3 Å². The maximum absolute atomic E-state index is 11.6. The molecule has 1 aromatic carbocycles. The number of ether oxygens (including phenoxy) is 2. The molecule has 1 heterocycles. The zero-order valence-corrected chi connectivity index (χ0v) is 11.9. The first-order chi connectivity index (χ1) is 10.3. The average Bonchev–Trinajstić information content (AvgIpc) is 2.93. The molecule has 1 aromatic heterocycles. The molecule has 0 saturated heterocycles. The first-order valence-corrected chi connectivity index (χ1v) is 7.18. The van der Waals surface area contributed by atoms with Gasteiger partial charge in [0.2, 0.25) is 0 Å². The van der Waals surface area contributed by atoms with Gasteiger partial charge in [-0.05, 0) is 38.3 Å². The van der Waals surface area contributed by atoms with Crippen LogP contribution in [-0.2, 0) is 4.74 Å². The van der Waals surface area contributed by atoms with Crippen LogP contribution in [-0.4, -0.2) is 23.8 Å². The van der Waals surface area contributed by atoms with Crippen LogP contribution < -0.4 is 4.74 Å². The molecule has 0 bridgehead atoms. The van der Waals surface area contributed by atoms with Crippen LogP contribution >= 0.6 is 0 Å². The van der Waals surface area contributed by atoms with Gasteiger partial charge in [0, 0.05) is 6.07 Å². The van der Waals surface area contributed by atoms with E-state index < -0.39 is 5.97 Å². The molecule has 0 spiro atoms. The fourth-order valence-corrected chi connectivity index (χ4v) is 2.14. The second-order valence-corrected chi connectivity index (χ2v) is 4.96. The number of rotatable bonds is 5. The summed E-state index contributed by atoms with van der Waals surface area (Å²) in [6.45, 7) is 2.06. The predicted molar refractivity (Wildman–Crippen MR) is 76.2 cm³/mol. The van der Waals surface area contributed by atoms with E-state index in [2.05, 4.69) is 5.16 Å². The van der Waals surface area contributed by atoms with Crippen molar-refractivity contribution in [3.8, 4) is 17.1 Å². The third kappa shape index (κ3) is 2.91. The molecule has 0 amide bonds. The molecule has 21 heavy (non-hydrogen) atoms. The number of aromatic nitrogens is 1. The number of para-hydroxylation sites is 1. The summed E-state index contributed by atoms with van der Waals surface area (Å²) in [7, 11) is 0. The molecule has 5 nitrogen and oxygen atoms in total. The van der Waals surface area contributed by atoms with Gasteiger partial charge in [-0.15, -0.1) is 0 Å². The molecule has 1 aliphatic carbocycles. The van der Waals surface area contributed by atoms with Crippen LogP contribution in [0.15, 0.2) is 34.9 Å². The lowest BCUT2D eigenvalue weighted by molar-refractivity contribution is 0.0514. The van der Waals surface area contributed by atoms with Gasteiger partial charge in [0.1, 0.15) is 5.75 Å². The van der Waals surface area contributed by atoms with Crippen molar-refractivity contribution in [2.24, 2.45) is 0 Å². The first-order valence-electron chi connectivity index (χ1n) is 7.18. The van der Waals surface area contributed by atoms with Gasteiger partial charge in [-0.2, -0.15) is 0 Å². The Balaban J connectivity index is 1.84. The molecule has 2 aromatic rings. The SMILES string of the molecule is CCOC(=O)c1cc(-c2ccccc2OC2CCC2)on1. The van der Waals surface area contributed by atoms with Gasteiger partial charge >= 0.3 is 5.97 Å². The average molecular weight is 287 g/mol. The Bertz CT molecular complexity index is 631. The zero-order chi connectivity index (χ0) is 14.7. The quantitative estimate of drug-likeness (QED) is 0.788. The minimum atomic E-state index is -0.482. The molecule has 0 atom stereocenters. The number of carbonyl (C=O) groups is 1. The maximum Gasteiger partial charge on any atom is 0.360 e. The summed E-state index contributed by atoms with van der Waals surface area (Å²) >= 11 is 0. The molecule has 3 rings (SSSR count). The van der Waals surface area contributed by atoms with E-state index >= 15 is 0 Å². The first kappa shape index (κ1) is 13.7. The second kappa shape index (κ2) is 5.99. The number of hydrogen-bond donors (Lipinski definition) is 0. The van der Waals surface area contributed by atoms with Gasteiger partial charge in [0.15, 0.2) is 11.5 Å². The summed E-state index contributed by atoms with van der Waals surface area (Å²) < 4.78 is 16.1. The largest absolute Gasteiger partial charge is 0.490 e. The van der Waals surface area contributed by atoms with Gasteiger partial charge in [-0.3, -0.25) is 0 Å². The van der Waals surface area contributed by atoms with E-state index in [4.69, 9.17) is 14.0 Å². The summed E-state index contributed by atoms with van der Waals surface area (Å²) in [5, 5.41) is 3.76. The highest BCUT2D eigenvalue weighted by molar-refractivity contribution is 5.88. The number of nitrogens with zero attached hydrogens (tertiary/aromatic N) is 1. The maximum atomic E-state index is 11.6. The van der Waals surface area contributed by atoms with E-state index in [1.54, 1.807) is 13.0 Å². The van der Waals surface area contributed by atoms with Crippen molar-refractivity contribution in [3.05, 3.63) is 36.0 Å². The lowest BCUT2D eigenvalue weighted by atomic mass is 9.96. The normalized spacial score (nSPS) is 14.5. The van der Waals surface area contributed by atoms with E-state index in [0.717, 1.165) is 24.2 Å². The summed E-state index contributed by atoms with van der Waals surface area (Å²) in [4.78, 5) is 11.6. The molecule has 0 radical (unpaired) electrons. The lowest BCUT2D eigenvalue weighted by Crippen LogP contribution is -2.24. The topological polar surface area (TPSA) is 61.6 Å². The molecule has 1 aliphatic rings. The van der Waals surface area contributed by atoms with Crippen molar-refractivity contribution < 1.29 is 18.8 Å². The summed E-state index contributed by atoms with van der Waals surface area (Å²) in [6, 6.07) is 9.19. The number of hydrogen-bond acceptors (Lipinski definition) is 5. The van der Waals surface area contributed by atoms with Crippen LogP contribution in [0, 0.1) is 0 Å². The molecule has 5 heteroatoms. The number of carbonyl (C=O) groups excluding carboxylic acids is 1. The minimum Gasteiger partial charge on any atom is -0.490 e. The standard InChI is InChI=1S/C16H17NO4/c1-2-19-16(18)13-10-15(21-17-13)12-8-3-4-9-14(12)20-11-6-5-7-11/h3-4,8-11H,2,5-7H2,1H3. The van der Waals surface area contributed by atoms with Crippen molar-refractivity contribution in [2.45, 2.75) is 32.3 Å². The smallest absolute Gasteiger partial charge is 0.360 e. The molecule has 1 saturated carbocycles. The Kier molecular flexibility index (Phi) is 3.90. The highest BCUT2D eigenvalue weighted by Gasteiger charge is 2.22. The molecule has 0 aliphatic heterocycles. The molecule has 110 valence electrons. The van der Waals surface area contributed by atoms with Gasteiger partial charge < -0.3 is 14.0 Å². The van der Waals surface area contributed by atoms with Crippen LogP contribution in [0.1, 0.15) is 36.7 Å². The van der Waals surface area contributed by atoms with Crippen LogP contribution in [0.5, 0.6) is 5.75 Å². The Labute approximate surface area is 122 Å². The van der Waals surface area contributed by atoms with Gasteiger partial charge in [-0.1, -0.05) is 17.3 Å². The highest BCUT2D eigenvalue weighted by atomic mass is 16.5. The third-order valence-electron chi connectivity index (χ3n) is 3.49. The molecule has 1 fully saturated rings. The van der Waals surface area contributed by atoms with E-state index in [-0.39, 0.29) is 11.8 Å². The van der Waals surface area contributed by atoms with Crippen molar-refractivity contribution in [1.29, 1.82) is 0 Å². The minimum absolute atomic E-state index is 0.172. The van der Waals surface area contributed by atoms with E-state index in [1.807, 2.05) is 24.3 Å². The lowest BCUT2D eigenvalue weighted by Gasteiger charge is -2.27. The fourth-order valence-electron chi connectivity index (χ4n) is 2.14. The van der Waals surface area contributed by atoms with Crippen LogP contribution in [0.4, 0.5) is 0 Å². The second-order valence-electron chi connectivity index (χ2n) is 4.96. The van der Waals surface area contributed by atoms with Crippen molar-refractivity contribution >= 4 is 5.97 Å². The summed E-state index contributed by atoms with van der Waals surface area (Å²) in [5.41, 5.74) is 0.970. The Morgan fingerprint density at radius 1 is 1.38 bits per heavy atom. The number of esters is 1. The van der Waals surface area contributed by atoms with E-state index in [0.29, 0.717) is 12.4 Å². The summed E-state index contributed by atoms with van der Waals surface area (Å²) in [6.07, 6.45) is 3.65. The predicted octanol–water partition coefficient (Wildman–Crippen LogP) is 3.45. The fraction of sp³-hybridized carbons (Fsp3) is 0.375. The van der Waals surface area contributed by atoms with Crippen molar-refractivity contribution in [1.82, 2.24) is 5.16 Å². The van der Waals surface area contributed by atoms with Gasteiger partial charge in [0.25, 0.3) is 0 Å². The van der Waals surface area contributed by atoms with Crippen LogP contribution in [0.2, 0.25) is 0 Å². The van der Waals surface area contributed by atoms with Crippen molar-refractivity contribution in [3.63, 3.8) is 0 Å². The highest BCUT2D eigenvalue weighted by Crippen LogP contribution is 2.34. The summed E-state index contributed by atoms with van der Waals surface area (Å²) in [5.74, 6) is 0.784. The Morgan fingerprint density at radius 3 is 2.90 bits per heavy atom. The molecule has 0 unspecified atom stereocenters. The number of benzene rings is 1. The van der Waals surface area contributed by atoms with E-state index in [1.165, 1.54) is 6.42 Å². The molecular formula is C16H17NO4. The van der Waals surface area contributed by atoms with E-state index in [9.17, 15) is 4.79 Å². The Hall–Kier alpha value is -2.30.